The zero-order valence-corrected chi connectivity index (χ0v) is 12.8. The monoisotopic (exact) mass is 275 g/mol. The maximum atomic E-state index is 11.0. The van der Waals surface area contributed by atoms with Crippen LogP contribution in [0.4, 0.5) is 0 Å². The maximum absolute atomic E-state index is 11.0. The van der Waals surface area contributed by atoms with Gasteiger partial charge in [-0.25, -0.2) is 0 Å². The molecule has 0 saturated carbocycles. The van der Waals surface area contributed by atoms with Gasteiger partial charge in [-0.2, -0.15) is 11.8 Å². The van der Waals surface area contributed by atoms with Gasteiger partial charge in [-0.15, -0.1) is 0 Å². The molecule has 0 radical (unpaired) electrons. The van der Waals surface area contributed by atoms with Crippen molar-refractivity contribution < 1.29 is 9.53 Å². The molecular weight excluding hydrogens is 250 g/mol. The first-order valence-electron chi connectivity index (χ1n) is 6.09. The van der Waals surface area contributed by atoms with Crippen molar-refractivity contribution in [1.82, 2.24) is 10.6 Å². The number of aliphatic imine (C=N–C) groups is 1. The molecule has 0 atom stereocenters. The topological polar surface area (TPSA) is 62.7 Å². The Hall–Kier alpha value is -0.910. The van der Waals surface area contributed by atoms with Crippen molar-refractivity contribution in [2.75, 3.05) is 33.0 Å². The van der Waals surface area contributed by atoms with E-state index in [-0.39, 0.29) is 10.7 Å². The van der Waals surface area contributed by atoms with Gasteiger partial charge in [0, 0.05) is 17.8 Å². The predicted octanol–water partition coefficient (Wildman–Crippen LogP) is 1.25. The second-order valence-electron chi connectivity index (χ2n) is 4.41. The molecule has 6 heteroatoms. The van der Waals surface area contributed by atoms with E-state index >= 15 is 0 Å². The Morgan fingerprint density at radius 3 is 2.56 bits per heavy atom. The zero-order chi connectivity index (χ0) is 14.0. The van der Waals surface area contributed by atoms with Gasteiger partial charge in [0.1, 0.15) is 0 Å². The van der Waals surface area contributed by atoms with Crippen molar-refractivity contribution in [3.05, 3.63) is 0 Å². The predicted molar refractivity (Wildman–Crippen MR) is 78.2 cm³/mol. The van der Waals surface area contributed by atoms with Crippen LogP contribution in [0.2, 0.25) is 0 Å². The molecule has 0 aliphatic heterocycles. The summed E-state index contributed by atoms with van der Waals surface area (Å²) in [5.41, 5.74) is 0. The van der Waals surface area contributed by atoms with Gasteiger partial charge in [-0.1, -0.05) is 0 Å². The van der Waals surface area contributed by atoms with Crippen LogP contribution in [0.15, 0.2) is 4.99 Å². The molecule has 0 spiro atoms. The third-order valence-corrected chi connectivity index (χ3v) is 3.60. The average Bonchev–Trinajstić information content (AvgIpc) is 2.35. The van der Waals surface area contributed by atoms with Crippen molar-refractivity contribution in [2.24, 2.45) is 4.99 Å². The average molecular weight is 275 g/mol. The standard InChI is InChI=1S/C12H25N3O2S/c1-6-13-11(14-8-7-10(16)17-4)15-9-12(2,3)18-5/h6-9H2,1-5H3,(H2,13,14,15). The highest BCUT2D eigenvalue weighted by molar-refractivity contribution is 7.99. The van der Waals surface area contributed by atoms with Crippen LogP contribution < -0.4 is 10.6 Å². The van der Waals surface area contributed by atoms with Gasteiger partial charge < -0.3 is 15.4 Å². The fourth-order valence-electron chi connectivity index (χ4n) is 1.06. The van der Waals surface area contributed by atoms with E-state index in [1.54, 1.807) is 11.8 Å². The number of rotatable bonds is 7. The maximum Gasteiger partial charge on any atom is 0.307 e. The molecule has 2 N–H and O–H groups in total. The number of nitrogens with one attached hydrogen (secondary N) is 2. The highest BCUT2D eigenvalue weighted by atomic mass is 32.2. The van der Waals surface area contributed by atoms with Crippen LogP contribution >= 0.6 is 11.8 Å². The summed E-state index contributed by atoms with van der Waals surface area (Å²) in [6.07, 6.45) is 2.42. The van der Waals surface area contributed by atoms with E-state index < -0.39 is 0 Å². The first kappa shape index (κ1) is 17.1. The number of methoxy groups -OCH3 is 1. The van der Waals surface area contributed by atoms with Crippen LogP contribution in [0, 0.1) is 0 Å². The van der Waals surface area contributed by atoms with Crippen LogP contribution in [0.5, 0.6) is 0 Å². The lowest BCUT2D eigenvalue weighted by Gasteiger charge is -2.20. The zero-order valence-electron chi connectivity index (χ0n) is 12.0. The van der Waals surface area contributed by atoms with Gasteiger partial charge in [0.15, 0.2) is 5.96 Å². The molecular formula is C12H25N3O2S. The molecule has 0 aromatic heterocycles. The van der Waals surface area contributed by atoms with Crippen molar-refractivity contribution >= 4 is 23.7 Å². The molecule has 0 fully saturated rings. The Balaban J connectivity index is 4.20. The lowest BCUT2D eigenvalue weighted by molar-refractivity contribution is -0.140. The molecule has 18 heavy (non-hydrogen) atoms. The van der Waals surface area contributed by atoms with E-state index in [1.807, 2.05) is 6.92 Å². The molecule has 0 unspecified atom stereocenters. The van der Waals surface area contributed by atoms with Crippen LogP contribution in [0.1, 0.15) is 27.2 Å². The van der Waals surface area contributed by atoms with Gasteiger partial charge in [0.2, 0.25) is 0 Å². The fraction of sp³-hybridized carbons (Fsp3) is 0.833. The van der Waals surface area contributed by atoms with Gasteiger partial charge in [-0.3, -0.25) is 9.79 Å². The first-order valence-corrected chi connectivity index (χ1v) is 7.31. The molecule has 0 aromatic carbocycles. The third kappa shape index (κ3) is 8.22. The summed E-state index contributed by atoms with van der Waals surface area (Å²) >= 11 is 1.78. The lowest BCUT2D eigenvalue weighted by atomic mass is 10.2. The molecule has 5 nitrogen and oxygen atoms in total. The number of guanidine groups is 1. The molecule has 0 aliphatic rings. The largest absolute Gasteiger partial charge is 0.469 e. The van der Waals surface area contributed by atoms with Gasteiger partial charge >= 0.3 is 5.97 Å². The van der Waals surface area contributed by atoms with Gasteiger partial charge in [0.05, 0.1) is 20.1 Å². The Kier molecular flexibility index (Phi) is 8.62. The third-order valence-electron chi connectivity index (χ3n) is 2.36. The quantitative estimate of drug-likeness (QED) is 0.416. The van der Waals surface area contributed by atoms with E-state index in [0.717, 1.165) is 19.0 Å². The summed E-state index contributed by atoms with van der Waals surface area (Å²) in [4.78, 5) is 15.5. The first-order chi connectivity index (χ1) is 8.45. The number of ether oxygens (including phenoxy) is 1. The van der Waals surface area contributed by atoms with Crippen molar-refractivity contribution in [3.63, 3.8) is 0 Å². The number of esters is 1. The van der Waals surface area contributed by atoms with Crippen molar-refractivity contribution in [3.8, 4) is 0 Å². The number of carbonyl (C=O) groups is 1. The number of hydrogen-bond acceptors (Lipinski definition) is 4. The summed E-state index contributed by atoms with van der Waals surface area (Å²) in [7, 11) is 1.39. The molecule has 0 bridgehead atoms. The second kappa shape index (κ2) is 9.08. The SMILES string of the molecule is CCNC(=NCC(C)(C)SC)NCCC(=O)OC. The molecule has 0 rings (SSSR count). The van der Waals surface area contributed by atoms with Crippen LogP contribution in [0.25, 0.3) is 0 Å². The van der Waals surface area contributed by atoms with Crippen LogP contribution in [0.3, 0.4) is 0 Å². The molecule has 0 aromatic rings. The number of hydrogen-bond donors (Lipinski definition) is 2. The fourth-order valence-corrected chi connectivity index (χ4v) is 1.25. The molecule has 106 valence electrons. The molecule has 0 amide bonds. The minimum absolute atomic E-state index is 0.116. The van der Waals surface area contributed by atoms with Gasteiger partial charge in [-0.05, 0) is 27.0 Å². The Bertz CT molecular complexity index is 280. The summed E-state index contributed by atoms with van der Waals surface area (Å²) in [6, 6.07) is 0. The summed E-state index contributed by atoms with van der Waals surface area (Å²) in [5.74, 6) is 0.520. The van der Waals surface area contributed by atoms with E-state index in [0.29, 0.717) is 13.0 Å². The Morgan fingerprint density at radius 1 is 1.39 bits per heavy atom. The smallest absolute Gasteiger partial charge is 0.307 e. The van der Waals surface area contributed by atoms with E-state index in [1.165, 1.54) is 7.11 Å². The Labute approximate surface area is 114 Å². The minimum Gasteiger partial charge on any atom is -0.469 e. The van der Waals surface area contributed by atoms with Crippen LogP contribution in [-0.4, -0.2) is 49.7 Å². The normalized spacial score (nSPS) is 12.2. The number of thioether (sulfide) groups is 1. The Morgan fingerprint density at radius 2 is 2.06 bits per heavy atom. The van der Waals surface area contributed by atoms with E-state index in [4.69, 9.17) is 0 Å². The van der Waals surface area contributed by atoms with Crippen LogP contribution in [-0.2, 0) is 9.53 Å². The van der Waals surface area contributed by atoms with Gasteiger partial charge in [0.25, 0.3) is 0 Å². The summed E-state index contributed by atoms with van der Waals surface area (Å²) in [6.45, 7) is 8.36. The highest BCUT2D eigenvalue weighted by Crippen LogP contribution is 2.20. The summed E-state index contributed by atoms with van der Waals surface area (Å²) < 4.78 is 4.70. The van der Waals surface area contributed by atoms with E-state index in [9.17, 15) is 4.79 Å². The van der Waals surface area contributed by atoms with Crippen molar-refractivity contribution in [1.29, 1.82) is 0 Å². The number of carbonyl (C=O) groups excluding carboxylic acids is 1. The highest BCUT2D eigenvalue weighted by Gasteiger charge is 2.15. The molecule has 0 aliphatic carbocycles. The lowest BCUT2D eigenvalue weighted by Crippen LogP contribution is -2.39. The summed E-state index contributed by atoms with van der Waals surface area (Å²) in [5, 5.41) is 6.26. The number of nitrogens with zero attached hydrogens (tertiary/aromatic N) is 1. The minimum atomic E-state index is -0.220. The second-order valence-corrected chi connectivity index (χ2v) is 5.93. The molecule has 0 saturated heterocycles. The molecule has 0 heterocycles. The van der Waals surface area contributed by atoms with Crippen molar-refractivity contribution in [2.45, 2.75) is 31.9 Å². The van der Waals surface area contributed by atoms with E-state index in [2.05, 4.69) is 40.5 Å².